The van der Waals surface area contributed by atoms with Crippen LogP contribution in [0, 0.1) is 0 Å². The molecule has 0 aliphatic rings. The van der Waals surface area contributed by atoms with Crippen LogP contribution < -0.4 is 10.6 Å². The maximum Gasteiger partial charge on any atom is 0.338 e. The summed E-state index contributed by atoms with van der Waals surface area (Å²) in [6.45, 7) is 2.55. The quantitative estimate of drug-likeness (QED) is 0.745. The van der Waals surface area contributed by atoms with Gasteiger partial charge in [0.15, 0.2) is 0 Å². The Morgan fingerprint density at radius 3 is 2.46 bits per heavy atom. The molecule has 5 nitrogen and oxygen atoms in total. The van der Waals surface area contributed by atoms with Crippen LogP contribution in [0.2, 0.25) is 5.02 Å². The molecule has 0 radical (unpaired) electrons. The van der Waals surface area contributed by atoms with Crippen molar-refractivity contribution in [3.8, 4) is 0 Å². The standard InChI is InChI=1S/C18H19ClN2O3/c1-2-24-18(23)13-7-9-14(10-8-13)21-17(22)11-12-20-16-6-4-3-5-15(16)19/h3-10,20H,2,11-12H2,1H3,(H,21,22). The first-order valence-corrected chi connectivity index (χ1v) is 8.03. The minimum Gasteiger partial charge on any atom is -0.462 e. The molecule has 2 rings (SSSR count). The van der Waals surface area contributed by atoms with E-state index in [1.807, 2.05) is 18.2 Å². The SMILES string of the molecule is CCOC(=O)c1ccc(NC(=O)CCNc2ccccc2Cl)cc1. The van der Waals surface area contributed by atoms with E-state index < -0.39 is 0 Å². The van der Waals surface area contributed by atoms with Gasteiger partial charge in [-0.1, -0.05) is 23.7 Å². The van der Waals surface area contributed by atoms with Gasteiger partial charge in [-0.25, -0.2) is 4.79 Å². The van der Waals surface area contributed by atoms with Crippen LogP contribution in [0.3, 0.4) is 0 Å². The number of rotatable bonds is 7. The van der Waals surface area contributed by atoms with E-state index in [1.54, 1.807) is 37.3 Å². The second kappa shape index (κ2) is 8.93. The molecule has 0 aliphatic carbocycles. The van der Waals surface area contributed by atoms with E-state index >= 15 is 0 Å². The molecule has 2 aromatic carbocycles. The van der Waals surface area contributed by atoms with Crippen molar-refractivity contribution in [1.29, 1.82) is 0 Å². The summed E-state index contributed by atoms with van der Waals surface area (Å²) in [5, 5.41) is 6.51. The molecule has 2 aromatic rings. The Bertz CT molecular complexity index is 702. The number of hydrogen-bond donors (Lipinski definition) is 2. The molecule has 0 bridgehead atoms. The van der Waals surface area contributed by atoms with Gasteiger partial charge in [-0.05, 0) is 43.3 Å². The van der Waals surface area contributed by atoms with Gasteiger partial charge in [-0.2, -0.15) is 0 Å². The van der Waals surface area contributed by atoms with Crippen LogP contribution in [-0.2, 0) is 9.53 Å². The van der Waals surface area contributed by atoms with Crippen molar-refractivity contribution in [1.82, 2.24) is 0 Å². The van der Waals surface area contributed by atoms with E-state index in [1.165, 1.54) is 0 Å². The Morgan fingerprint density at radius 2 is 1.79 bits per heavy atom. The first kappa shape index (κ1) is 17.8. The van der Waals surface area contributed by atoms with E-state index in [4.69, 9.17) is 16.3 Å². The number of carbonyl (C=O) groups is 2. The van der Waals surface area contributed by atoms with Crippen molar-refractivity contribution >= 4 is 34.9 Å². The highest BCUT2D eigenvalue weighted by Gasteiger charge is 2.07. The van der Waals surface area contributed by atoms with Crippen LogP contribution in [0.15, 0.2) is 48.5 Å². The molecule has 0 aliphatic heterocycles. The van der Waals surface area contributed by atoms with Crippen LogP contribution in [0.4, 0.5) is 11.4 Å². The molecule has 24 heavy (non-hydrogen) atoms. The first-order valence-electron chi connectivity index (χ1n) is 7.65. The van der Waals surface area contributed by atoms with Crippen LogP contribution in [0.1, 0.15) is 23.7 Å². The molecule has 0 fully saturated rings. The molecular weight excluding hydrogens is 328 g/mol. The van der Waals surface area contributed by atoms with Gasteiger partial charge in [0, 0.05) is 18.7 Å². The lowest BCUT2D eigenvalue weighted by molar-refractivity contribution is -0.115. The third-order valence-corrected chi connectivity index (χ3v) is 3.55. The van der Waals surface area contributed by atoms with Crippen LogP contribution in [0.5, 0.6) is 0 Å². The van der Waals surface area contributed by atoms with Gasteiger partial charge in [0.2, 0.25) is 5.91 Å². The fourth-order valence-corrected chi connectivity index (χ4v) is 2.25. The van der Waals surface area contributed by atoms with Gasteiger partial charge in [0.05, 0.1) is 22.9 Å². The number of amides is 1. The summed E-state index contributed by atoms with van der Waals surface area (Å²) in [5.74, 6) is -0.502. The van der Waals surface area contributed by atoms with Crippen LogP contribution >= 0.6 is 11.6 Å². The lowest BCUT2D eigenvalue weighted by Gasteiger charge is -2.09. The van der Waals surface area contributed by atoms with Gasteiger partial charge < -0.3 is 15.4 Å². The summed E-state index contributed by atoms with van der Waals surface area (Å²) in [4.78, 5) is 23.5. The van der Waals surface area contributed by atoms with Crippen molar-refractivity contribution in [2.45, 2.75) is 13.3 Å². The summed E-state index contributed by atoms with van der Waals surface area (Å²) >= 11 is 6.03. The van der Waals surface area contributed by atoms with E-state index in [0.29, 0.717) is 35.8 Å². The minimum absolute atomic E-state index is 0.126. The second-order valence-corrected chi connectivity index (χ2v) is 5.41. The second-order valence-electron chi connectivity index (χ2n) is 5.00. The number of anilines is 2. The molecule has 0 atom stereocenters. The Balaban J connectivity index is 1.80. The molecule has 0 saturated carbocycles. The maximum absolute atomic E-state index is 11.9. The van der Waals surface area contributed by atoms with E-state index in [2.05, 4.69) is 10.6 Å². The molecule has 0 heterocycles. The summed E-state index contributed by atoms with van der Waals surface area (Å²) in [6.07, 6.45) is 0.296. The highest BCUT2D eigenvalue weighted by molar-refractivity contribution is 6.33. The van der Waals surface area contributed by atoms with E-state index in [-0.39, 0.29) is 11.9 Å². The van der Waals surface area contributed by atoms with Gasteiger partial charge in [0.1, 0.15) is 0 Å². The van der Waals surface area contributed by atoms with E-state index in [9.17, 15) is 9.59 Å². The minimum atomic E-state index is -0.376. The predicted molar refractivity (Wildman–Crippen MR) is 95.6 cm³/mol. The highest BCUT2D eigenvalue weighted by Crippen LogP contribution is 2.20. The van der Waals surface area contributed by atoms with Crippen molar-refractivity contribution in [2.24, 2.45) is 0 Å². The van der Waals surface area contributed by atoms with E-state index in [0.717, 1.165) is 5.69 Å². The van der Waals surface area contributed by atoms with Gasteiger partial charge >= 0.3 is 5.97 Å². The normalized spacial score (nSPS) is 10.1. The summed E-state index contributed by atoms with van der Waals surface area (Å²) in [7, 11) is 0. The third-order valence-electron chi connectivity index (χ3n) is 3.22. The number of esters is 1. The van der Waals surface area contributed by atoms with Gasteiger partial charge in [-0.15, -0.1) is 0 Å². The number of hydrogen-bond acceptors (Lipinski definition) is 4. The number of carbonyl (C=O) groups excluding carboxylic acids is 2. The summed E-state index contributed by atoms with van der Waals surface area (Å²) in [6, 6.07) is 13.9. The molecule has 0 aromatic heterocycles. The smallest absolute Gasteiger partial charge is 0.338 e. The molecule has 0 saturated heterocycles. The summed E-state index contributed by atoms with van der Waals surface area (Å²) < 4.78 is 4.91. The number of halogens is 1. The zero-order valence-electron chi connectivity index (χ0n) is 13.3. The number of nitrogens with one attached hydrogen (secondary N) is 2. The first-order chi connectivity index (χ1) is 11.6. The lowest BCUT2D eigenvalue weighted by atomic mass is 10.2. The lowest BCUT2D eigenvalue weighted by Crippen LogP contribution is -2.16. The molecule has 6 heteroatoms. The average Bonchev–Trinajstić information content (AvgIpc) is 2.57. The Morgan fingerprint density at radius 1 is 1.08 bits per heavy atom. The number of benzene rings is 2. The average molecular weight is 347 g/mol. The molecule has 2 N–H and O–H groups in total. The Hall–Kier alpha value is -2.53. The highest BCUT2D eigenvalue weighted by atomic mass is 35.5. The molecule has 0 spiro atoms. The molecule has 1 amide bonds. The largest absolute Gasteiger partial charge is 0.462 e. The molecular formula is C18H19ClN2O3. The number of ether oxygens (including phenoxy) is 1. The van der Waals surface area contributed by atoms with Crippen LogP contribution in [-0.4, -0.2) is 25.0 Å². The van der Waals surface area contributed by atoms with Crippen molar-refractivity contribution in [3.05, 3.63) is 59.1 Å². The monoisotopic (exact) mass is 346 g/mol. The van der Waals surface area contributed by atoms with Crippen molar-refractivity contribution in [3.63, 3.8) is 0 Å². The zero-order valence-corrected chi connectivity index (χ0v) is 14.1. The fraction of sp³-hybridized carbons (Fsp3) is 0.222. The van der Waals surface area contributed by atoms with Crippen molar-refractivity contribution in [2.75, 3.05) is 23.8 Å². The van der Waals surface area contributed by atoms with Gasteiger partial charge in [0.25, 0.3) is 0 Å². The van der Waals surface area contributed by atoms with Crippen molar-refractivity contribution < 1.29 is 14.3 Å². The summed E-state index contributed by atoms with van der Waals surface area (Å²) in [5.41, 5.74) is 1.88. The third kappa shape index (κ3) is 5.28. The Kier molecular flexibility index (Phi) is 6.63. The maximum atomic E-state index is 11.9. The topological polar surface area (TPSA) is 67.4 Å². The predicted octanol–water partition coefficient (Wildman–Crippen LogP) is 3.96. The molecule has 0 unspecified atom stereocenters. The van der Waals surface area contributed by atoms with Crippen LogP contribution in [0.25, 0.3) is 0 Å². The molecule has 126 valence electrons. The van der Waals surface area contributed by atoms with Gasteiger partial charge in [-0.3, -0.25) is 4.79 Å². The number of para-hydroxylation sites is 1. The zero-order chi connectivity index (χ0) is 17.4. The Labute approximate surface area is 146 Å². The fourth-order valence-electron chi connectivity index (χ4n) is 2.04.